The number of ether oxygens (including phenoxy) is 1. The van der Waals surface area contributed by atoms with Crippen molar-refractivity contribution in [2.45, 2.75) is 40.5 Å². The van der Waals surface area contributed by atoms with Gasteiger partial charge in [0.1, 0.15) is 11.6 Å². The van der Waals surface area contributed by atoms with Crippen molar-refractivity contribution in [2.75, 3.05) is 17.2 Å². The first-order chi connectivity index (χ1) is 14.8. The number of hydrogen-bond acceptors (Lipinski definition) is 6. The summed E-state index contributed by atoms with van der Waals surface area (Å²) in [7, 11) is 0. The second-order valence-electron chi connectivity index (χ2n) is 8.68. The van der Waals surface area contributed by atoms with E-state index in [1.807, 2.05) is 62.4 Å². The lowest BCUT2D eigenvalue weighted by molar-refractivity contribution is 0.0911. The molecule has 1 aliphatic rings. The minimum Gasteiger partial charge on any atom is -0.494 e. The molecular weight excluding hydrogens is 388 g/mol. The highest BCUT2D eigenvalue weighted by Gasteiger charge is 2.35. The fourth-order valence-electron chi connectivity index (χ4n) is 3.88. The van der Waals surface area contributed by atoms with Gasteiger partial charge in [-0.1, -0.05) is 32.0 Å². The van der Waals surface area contributed by atoms with E-state index in [2.05, 4.69) is 29.5 Å². The molecule has 1 heterocycles. The van der Waals surface area contributed by atoms with Gasteiger partial charge in [-0.05, 0) is 61.6 Å². The van der Waals surface area contributed by atoms with Crippen molar-refractivity contribution in [1.29, 1.82) is 0 Å². The van der Waals surface area contributed by atoms with Crippen molar-refractivity contribution in [3.8, 4) is 5.75 Å². The molecule has 3 aromatic rings. The number of nitrogens with one attached hydrogen (secondary N) is 2. The largest absolute Gasteiger partial charge is 0.494 e. The second kappa shape index (κ2) is 8.38. The molecule has 0 spiro atoms. The van der Waals surface area contributed by atoms with E-state index in [1.165, 1.54) is 0 Å². The zero-order valence-electron chi connectivity index (χ0n) is 18.5. The molecule has 6 heteroatoms. The summed E-state index contributed by atoms with van der Waals surface area (Å²) in [5.41, 5.74) is 4.11. The Hall–Kier alpha value is -3.41. The summed E-state index contributed by atoms with van der Waals surface area (Å²) < 4.78 is 5.51. The maximum atomic E-state index is 13.0. The van der Waals surface area contributed by atoms with Gasteiger partial charge in [0.15, 0.2) is 5.78 Å². The predicted octanol–water partition coefficient (Wildman–Crippen LogP) is 5.83. The van der Waals surface area contributed by atoms with Gasteiger partial charge in [0.05, 0.1) is 17.9 Å². The first kappa shape index (κ1) is 20.8. The molecule has 1 aliphatic carbocycles. The van der Waals surface area contributed by atoms with Crippen LogP contribution < -0.4 is 15.4 Å². The molecule has 0 amide bonds. The highest BCUT2D eigenvalue weighted by atomic mass is 16.5. The molecule has 6 nitrogen and oxygen atoms in total. The molecule has 0 saturated heterocycles. The number of aryl methyl sites for hydroxylation is 1. The summed E-state index contributed by atoms with van der Waals surface area (Å²) in [6.07, 6.45) is 1.20. The van der Waals surface area contributed by atoms with Crippen LogP contribution in [0.3, 0.4) is 0 Å². The molecule has 0 unspecified atom stereocenters. The van der Waals surface area contributed by atoms with Crippen molar-refractivity contribution in [3.05, 3.63) is 65.4 Å². The Morgan fingerprint density at radius 2 is 1.74 bits per heavy atom. The topological polar surface area (TPSA) is 76.1 Å². The van der Waals surface area contributed by atoms with Crippen LogP contribution in [0.15, 0.2) is 48.5 Å². The number of aromatic nitrogens is 2. The van der Waals surface area contributed by atoms with Gasteiger partial charge in [0.25, 0.3) is 0 Å². The van der Waals surface area contributed by atoms with Crippen molar-refractivity contribution in [2.24, 2.45) is 5.41 Å². The molecule has 4 rings (SSSR count). The van der Waals surface area contributed by atoms with Crippen molar-refractivity contribution in [3.63, 3.8) is 0 Å². The van der Waals surface area contributed by atoms with Crippen LogP contribution in [0.4, 0.5) is 23.1 Å². The van der Waals surface area contributed by atoms with Gasteiger partial charge >= 0.3 is 0 Å². The molecular formula is C25H28N4O2. The molecule has 0 saturated carbocycles. The molecule has 0 fully saturated rings. The summed E-state index contributed by atoms with van der Waals surface area (Å²) in [5, 5.41) is 6.66. The van der Waals surface area contributed by atoms with Crippen LogP contribution in [0, 0.1) is 12.3 Å². The molecule has 2 N–H and O–H groups in total. The summed E-state index contributed by atoms with van der Waals surface area (Å²) in [5.74, 6) is 1.90. The van der Waals surface area contributed by atoms with Crippen LogP contribution in [0.5, 0.6) is 5.75 Å². The van der Waals surface area contributed by atoms with Gasteiger partial charge in [0.2, 0.25) is 5.95 Å². The van der Waals surface area contributed by atoms with E-state index < -0.39 is 0 Å². The van der Waals surface area contributed by atoms with Crippen LogP contribution in [-0.2, 0) is 6.42 Å². The van der Waals surface area contributed by atoms with E-state index in [0.717, 1.165) is 34.8 Å². The van der Waals surface area contributed by atoms with Crippen LogP contribution in [0.25, 0.3) is 0 Å². The minimum absolute atomic E-state index is 0.0787. The summed E-state index contributed by atoms with van der Waals surface area (Å²) in [4.78, 5) is 22.4. The van der Waals surface area contributed by atoms with E-state index in [1.54, 1.807) is 0 Å². The Morgan fingerprint density at radius 3 is 2.45 bits per heavy atom. The SMILES string of the molecule is CCOc1ccc(Nc2nc3c(c(Nc4ccccc4C)n2)C(=O)CC(C)(C)C3)cc1. The van der Waals surface area contributed by atoms with E-state index >= 15 is 0 Å². The molecule has 160 valence electrons. The lowest BCUT2D eigenvalue weighted by atomic mass is 9.75. The fraction of sp³-hybridized carbons (Fsp3) is 0.320. The van der Waals surface area contributed by atoms with Crippen LogP contribution >= 0.6 is 0 Å². The third-order valence-electron chi connectivity index (χ3n) is 5.37. The van der Waals surface area contributed by atoms with Crippen LogP contribution in [-0.4, -0.2) is 22.4 Å². The van der Waals surface area contributed by atoms with Gasteiger partial charge in [-0.3, -0.25) is 4.79 Å². The molecule has 31 heavy (non-hydrogen) atoms. The van der Waals surface area contributed by atoms with E-state index in [9.17, 15) is 4.79 Å². The second-order valence-corrected chi connectivity index (χ2v) is 8.68. The Labute approximate surface area is 183 Å². The van der Waals surface area contributed by atoms with Crippen molar-refractivity contribution >= 4 is 28.9 Å². The number of Topliss-reactive ketones (excluding diaryl/α,β-unsaturated/α-hetero) is 1. The number of para-hydroxylation sites is 1. The van der Waals surface area contributed by atoms with Crippen molar-refractivity contribution < 1.29 is 9.53 Å². The lowest BCUT2D eigenvalue weighted by Gasteiger charge is -2.30. The summed E-state index contributed by atoms with van der Waals surface area (Å²) in [6.45, 7) is 8.81. The van der Waals surface area contributed by atoms with Crippen LogP contribution in [0.1, 0.15) is 48.8 Å². The average molecular weight is 417 g/mol. The van der Waals surface area contributed by atoms with Crippen LogP contribution in [0.2, 0.25) is 0 Å². The highest BCUT2D eigenvalue weighted by molar-refractivity contribution is 6.03. The van der Waals surface area contributed by atoms with E-state index in [4.69, 9.17) is 9.72 Å². The number of ketones is 1. The van der Waals surface area contributed by atoms with Gasteiger partial charge in [-0.15, -0.1) is 0 Å². The third kappa shape index (κ3) is 4.68. The van der Waals surface area contributed by atoms with Gasteiger partial charge in [-0.25, -0.2) is 4.98 Å². The Morgan fingerprint density at radius 1 is 1.00 bits per heavy atom. The first-order valence-electron chi connectivity index (χ1n) is 10.6. The van der Waals surface area contributed by atoms with Crippen molar-refractivity contribution in [1.82, 2.24) is 9.97 Å². The monoisotopic (exact) mass is 416 g/mol. The van der Waals surface area contributed by atoms with Gasteiger partial charge < -0.3 is 15.4 Å². The quantitative estimate of drug-likeness (QED) is 0.527. The third-order valence-corrected chi connectivity index (χ3v) is 5.37. The van der Waals surface area contributed by atoms with E-state index in [0.29, 0.717) is 30.4 Å². The number of carbonyl (C=O) groups is 1. The fourth-order valence-corrected chi connectivity index (χ4v) is 3.88. The zero-order chi connectivity index (χ0) is 22.0. The van der Waals surface area contributed by atoms with E-state index in [-0.39, 0.29) is 11.2 Å². The molecule has 0 atom stereocenters. The number of fused-ring (bicyclic) bond motifs is 1. The first-order valence-corrected chi connectivity index (χ1v) is 10.6. The number of rotatable bonds is 6. The molecule has 2 aromatic carbocycles. The smallest absolute Gasteiger partial charge is 0.229 e. The maximum absolute atomic E-state index is 13.0. The molecule has 0 bridgehead atoms. The summed E-state index contributed by atoms with van der Waals surface area (Å²) in [6, 6.07) is 15.6. The standard InChI is InChI=1S/C25H28N4O2/c1-5-31-18-12-10-17(11-13-18)26-24-28-20-14-25(3,4)15-21(30)22(20)23(29-24)27-19-9-7-6-8-16(19)2/h6-13H,5,14-15H2,1-4H3,(H2,26,27,28,29). The molecule has 0 aliphatic heterocycles. The highest BCUT2D eigenvalue weighted by Crippen LogP contribution is 2.38. The number of benzene rings is 2. The number of hydrogen-bond donors (Lipinski definition) is 2. The Kier molecular flexibility index (Phi) is 5.63. The Balaban J connectivity index is 1.72. The molecule has 0 radical (unpaired) electrons. The normalized spacial score (nSPS) is 14.6. The number of anilines is 4. The zero-order valence-corrected chi connectivity index (χ0v) is 18.5. The van der Waals surface area contributed by atoms with Gasteiger partial charge in [0, 0.05) is 17.8 Å². The minimum atomic E-state index is -0.130. The van der Waals surface area contributed by atoms with Gasteiger partial charge in [-0.2, -0.15) is 4.98 Å². The summed E-state index contributed by atoms with van der Waals surface area (Å²) >= 11 is 0. The average Bonchev–Trinajstić information content (AvgIpc) is 2.70. The lowest BCUT2D eigenvalue weighted by Crippen LogP contribution is -2.29. The number of nitrogens with zero attached hydrogens (tertiary/aromatic N) is 2. The maximum Gasteiger partial charge on any atom is 0.229 e. The molecule has 1 aromatic heterocycles. The Bertz CT molecular complexity index is 1110. The predicted molar refractivity (Wildman–Crippen MR) is 124 cm³/mol. The number of carbonyl (C=O) groups excluding carboxylic acids is 1.